The van der Waals surface area contributed by atoms with E-state index in [9.17, 15) is 18.0 Å². The van der Waals surface area contributed by atoms with E-state index in [1.807, 2.05) is 0 Å². The van der Waals surface area contributed by atoms with Crippen LogP contribution in [0.25, 0.3) is 11.3 Å². The van der Waals surface area contributed by atoms with Crippen molar-refractivity contribution in [3.05, 3.63) is 68.4 Å². The number of benzene rings is 1. The highest BCUT2D eigenvalue weighted by molar-refractivity contribution is 7.90. The topological polar surface area (TPSA) is 106 Å². The first kappa shape index (κ1) is 20.0. The lowest BCUT2D eigenvalue weighted by molar-refractivity contribution is 0.0525. The van der Waals surface area contributed by atoms with Crippen molar-refractivity contribution in [3.8, 4) is 11.3 Å². The second-order valence-electron chi connectivity index (χ2n) is 5.97. The summed E-state index contributed by atoms with van der Waals surface area (Å²) in [4.78, 5) is 31.5. The number of rotatable bonds is 6. The van der Waals surface area contributed by atoms with Gasteiger partial charge in [0.05, 0.1) is 28.3 Å². The second kappa shape index (κ2) is 8.07. The molecule has 0 bridgehead atoms. The average molecular weight is 418 g/mol. The smallest absolute Gasteiger partial charge is 0.339 e. The number of nitrogens with zero attached hydrogens (tertiary/aromatic N) is 1. The molecule has 1 aromatic carbocycles. The number of thiazole rings is 1. The Labute approximate surface area is 166 Å². The summed E-state index contributed by atoms with van der Waals surface area (Å²) in [6, 6.07) is 9.54. The van der Waals surface area contributed by atoms with E-state index in [2.05, 4.69) is 9.97 Å². The SMILES string of the molecule is CCOC(=O)c1cc(-c2csc(CS(=O)(=O)c3ccccc3)n2)c(=O)[nH]c1C. The Morgan fingerprint density at radius 1 is 1.25 bits per heavy atom. The van der Waals surface area contributed by atoms with E-state index in [1.165, 1.54) is 18.2 Å². The monoisotopic (exact) mass is 418 g/mol. The van der Waals surface area contributed by atoms with Crippen LogP contribution in [-0.2, 0) is 20.3 Å². The summed E-state index contributed by atoms with van der Waals surface area (Å²) in [6.45, 7) is 3.51. The molecule has 0 radical (unpaired) electrons. The van der Waals surface area contributed by atoms with Gasteiger partial charge >= 0.3 is 5.97 Å². The van der Waals surface area contributed by atoms with Gasteiger partial charge in [0.1, 0.15) is 10.8 Å². The minimum Gasteiger partial charge on any atom is -0.462 e. The van der Waals surface area contributed by atoms with Crippen LogP contribution in [0.1, 0.15) is 28.0 Å². The van der Waals surface area contributed by atoms with Crippen LogP contribution in [0.5, 0.6) is 0 Å². The highest BCUT2D eigenvalue weighted by Gasteiger charge is 2.20. The predicted molar refractivity (Wildman–Crippen MR) is 106 cm³/mol. The minimum atomic E-state index is -3.54. The first-order chi connectivity index (χ1) is 13.3. The minimum absolute atomic E-state index is 0.188. The molecule has 0 atom stereocenters. The molecule has 9 heteroatoms. The zero-order valence-electron chi connectivity index (χ0n) is 15.3. The lowest BCUT2D eigenvalue weighted by atomic mass is 10.1. The molecule has 146 valence electrons. The lowest BCUT2D eigenvalue weighted by Gasteiger charge is -2.06. The van der Waals surface area contributed by atoms with Crippen LogP contribution < -0.4 is 5.56 Å². The van der Waals surface area contributed by atoms with Crippen LogP contribution in [0, 0.1) is 6.92 Å². The van der Waals surface area contributed by atoms with E-state index < -0.39 is 21.4 Å². The summed E-state index contributed by atoms with van der Waals surface area (Å²) in [5.74, 6) is -0.810. The van der Waals surface area contributed by atoms with Crippen LogP contribution in [0.4, 0.5) is 0 Å². The second-order valence-corrected chi connectivity index (χ2v) is 8.90. The van der Waals surface area contributed by atoms with E-state index in [0.717, 1.165) is 11.3 Å². The van der Waals surface area contributed by atoms with Crippen molar-refractivity contribution in [1.29, 1.82) is 0 Å². The Morgan fingerprint density at radius 3 is 2.64 bits per heavy atom. The number of esters is 1. The van der Waals surface area contributed by atoms with Gasteiger partial charge in [-0.2, -0.15) is 0 Å². The maximum atomic E-state index is 12.5. The van der Waals surface area contributed by atoms with Crippen molar-refractivity contribution in [3.63, 3.8) is 0 Å². The first-order valence-electron chi connectivity index (χ1n) is 8.45. The molecule has 0 amide bonds. The molecule has 0 aliphatic carbocycles. The largest absolute Gasteiger partial charge is 0.462 e. The standard InChI is InChI=1S/C19H18N2O5S2/c1-3-26-19(23)14-9-15(18(22)20-12(14)2)16-10-27-17(21-16)11-28(24,25)13-7-5-4-6-8-13/h4-10H,3,11H2,1-2H3,(H,20,22). The van der Waals surface area contributed by atoms with Crippen LogP contribution in [0.2, 0.25) is 0 Å². The van der Waals surface area contributed by atoms with E-state index in [4.69, 9.17) is 4.74 Å². The van der Waals surface area contributed by atoms with Gasteiger partial charge in [0.15, 0.2) is 9.84 Å². The van der Waals surface area contributed by atoms with Crippen molar-refractivity contribution in [2.75, 3.05) is 6.61 Å². The fourth-order valence-electron chi connectivity index (χ4n) is 2.61. The highest BCUT2D eigenvalue weighted by Crippen LogP contribution is 2.24. The Kier molecular flexibility index (Phi) is 5.76. The zero-order valence-corrected chi connectivity index (χ0v) is 16.9. The number of aryl methyl sites for hydroxylation is 1. The van der Waals surface area contributed by atoms with Gasteiger partial charge in [-0.05, 0) is 32.0 Å². The summed E-state index contributed by atoms with van der Waals surface area (Å²) < 4.78 is 30.0. The molecule has 0 aliphatic heterocycles. The van der Waals surface area contributed by atoms with Crippen molar-refractivity contribution in [2.45, 2.75) is 24.5 Å². The van der Waals surface area contributed by atoms with E-state index >= 15 is 0 Å². The molecule has 2 aromatic heterocycles. The Balaban J connectivity index is 1.93. The molecule has 0 fully saturated rings. The lowest BCUT2D eigenvalue weighted by Crippen LogP contribution is -2.16. The fraction of sp³-hybridized carbons (Fsp3) is 0.211. The summed E-state index contributed by atoms with van der Waals surface area (Å²) in [5.41, 5.74) is 0.730. The molecule has 0 saturated carbocycles. The van der Waals surface area contributed by atoms with Crippen molar-refractivity contribution in [2.24, 2.45) is 0 Å². The number of pyridine rings is 1. The third-order valence-electron chi connectivity index (χ3n) is 3.98. The third-order valence-corrected chi connectivity index (χ3v) is 6.65. The zero-order chi connectivity index (χ0) is 20.3. The number of carbonyl (C=O) groups is 1. The number of hydrogen-bond acceptors (Lipinski definition) is 7. The number of aromatic nitrogens is 2. The molecule has 2 heterocycles. The van der Waals surface area contributed by atoms with Gasteiger partial charge in [-0.25, -0.2) is 18.2 Å². The Hall–Kier alpha value is -2.78. The van der Waals surface area contributed by atoms with Crippen molar-refractivity contribution in [1.82, 2.24) is 9.97 Å². The van der Waals surface area contributed by atoms with E-state index in [1.54, 1.807) is 37.4 Å². The molecule has 0 aliphatic rings. The number of aromatic amines is 1. The number of ether oxygens (including phenoxy) is 1. The summed E-state index contributed by atoms with van der Waals surface area (Å²) >= 11 is 1.14. The molecule has 3 rings (SSSR count). The molecule has 0 saturated heterocycles. The molecule has 0 spiro atoms. The Morgan fingerprint density at radius 2 is 1.96 bits per heavy atom. The number of carbonyl (C=O) groups excluding carboxylic acids is 1. The third kappa shape index (κ3) is 4.20. The van der Waals surface area contributed by atoms with Crippen LogP contribution >= 0.6 is 11.3 Å². The van der Waals surface area contributed by atoms with Crippen LogP contribution in [0.3, 0.4) is 0 Å². The van der Waals surface area contributed by atoms with Gasteiger partial charge in [-0.15, -0.1) is 11.3 Å². The van der Waals surface area contributed by atoms with Crippen LogP contribution in [-0.4, -0.2) is 31.0 Å². The number of H-pyrrole nitrogens is 1. The quantitative estimate of drug-likeness (QED) is 0.617. The highest BCUT2D eigenvalue weighted by atomic mass is 32.2. The average Bonchev–Trinajstić information content (AvgIpc) is 3.10. The van der Waals surface area contributed by atoms with Crippen LogP contribution in [0.15, 0.2) is 51.5 Å². The van der Waals surface area contributed by atoms with Gasteiger partial charge in [-0.3, -0.25) is 4.79 Å². The first-order valence-corrected chi connectivity index (χ1v) is 11.0. The molecule has 3 aromatic rings. The van der Waals surface area contributed by atoms with Gasteiger partial charge in [0.25, 0.3) is 5.56 Å². The molecular weight excluding hydrogens is 400 g/mol. The van der Waals surface area contributed by atoms with Crippen molar-refractivity contribution >= 4 is 27.1 Å². The maximum absolute atomic E-state index is 12.5. The molecular formula is C19H18N2O5S2. The Bertz CT molecular complexity index is 1160. The van der Waals surface area contributed by atoms with Gasteiger partial charge in [0.2, 0.25) is 0 Å². The fourth-order valence-corrected chi connectivity index (χ4v) is 5.05. The molecule has 28 heavy (non-hydrogen) atoms. The predicted octanol–water partition coefficient (Wildman–Crippen LogP) is 2.96. The summed E-state index contributed by atoms with van der Waals surface area (Å²) in [5, 5.41) is 1.96. The van der Waals surface area contributed by atoms with Gasteiger partial charge < -0.3 is 9.72 Å². The maximum Gasteiger partial charge on any atom is 0.339 e. The summed E-state index contributed by atoms with van der Waals surface area (Å²) in [6.07, 6.45) is 0. The van der Waals surface area contributed by atoms with E-state index in [-0.39, 0.29) is 28.4 Å². The molecule has 1 N–H and O–H groups in total. The van der Waals surface area contributed by atoms with Crippen molar-refractivity contribution < 1.29 is 17.9 Å². The number of nitrogens with one attached hydrogen (secondary N) is 1. The van der Waals surface area contributed by atoms with Gasteiger partial charge in [-0.1, -0.05) is 18.2 Å². The number of sulfone groups is 1. The normalized spacial score (nSPS) is 11.4. The number of hydrogen-bond donors (Lipinski definition) is 1. The molecule has 7 nitrogen and oxygen atoms in total. The summed E-state index contributed by atoms with van der Waals surface area (Å²) in [7, 11) is -3.54. The molecule has 0 unspecified atom stereocenters. The van der Waals surface area contributed by atoms with E-state index in [0.29, 0.717) is 16.4 Å². The van der Waals surface area contributed by atoms with Gasteiger partial charge in [0, 0.05) is 11.1 Å².